The minimum atomic E-state index is -0.0949. The van der Waals surface area contributed by atoms with Gasteiger partial charge in [0.05, 0.1) is 24.9 Å². The number of hydrogen-bond acceptors (Lipinski definition) is 3. The molecule has 0 aromatic rings. The van der Waals surface area contributed by atoms with E-state index in [-0.39, 0.29) is 11.5 Å². The molecule has 3 aliphatic carbocycles. The van der Waals surface area contributed by atoms with E-state index < -0.39 is 0 Å². The SMILES string of the molecule is CCCC[C@@]1(C)[C@@H](O)CC[C@@H]2[C@@H]1CC[C@]1(C)[C@@H](OC3CCCOC3)CC[C@@H]21. The molecular weight excluding hydrogens is 336 g/mol. The van der Waals surface area contributed by atoms with Gasteiger partial charge >= 0.3 is 0 Å². The standard InChI is InChI=1S/C24H42O3/c1-4-5-13-23(2)20-12-14-24(3)19(18(20)8-10-21(23)25)9-11-22(24)27-17-7-6-15-26-16-17/h17-22,25H,4-16H2,1-3H3/t17?,18-,19-,20-,21-,22-,23+,24-/m0/s1. The lowest BCUT2D eigenvalue weighted by Gasteiger charge is -2.58. The van der Waals surface area contributed by atoms with Gasteiger partial charge in [-0.3, -0.25) is 0 Å². The summed E-state index contributed by atoms with van der Waals surface area (Å²) < 4.78 is 12.3. The van der Waals surface area contributed by atoms with Crippen LogP contribution in [0.2, 0.25) is 0 Å². The number of hydrogen-bond donors (Lipinski definition) is 1. The van der Waals surface area contributed by atoms with Crippen LogP contribution in [0.5, 0.6) is 0 Å². The summed E-state index contributed by atoms with van der Waals surface area (Å²) in [7, 11) is 0. The quantitative estimate of drug-likeness (QED) is 0.701. The van der Waals surface area contributed by atoms with Crippen LogP contribution in [-0.2, 0) is 9.47 Å². The van der Waals surface area contributed by atoms with Crippen molar-refractivity contribution in [2.75, 3.05) is 13.2 Å². The molecule has 4 aliphatic rings. The van der Waals surface area contributed by atoms with Gasteiger partial charge in [0.15, 0.2) is 0 Å². The maximum Gasteiger partial charge on any atom is 0.0813 e. The summed E-state index contributed by atoms with van der Waals surface area (Å²) in [6.07, 6.45) is 14.0. The molecule has 1 N–H and O–H groups in total. The van der Waals surface area contributed by atoms with Crippen LogP contribution in [0.25, 0.3) is 0 Å². The summed E-state index contributed by atoms with van der Waals surface area (Å²) in [5, 5.41) is 10.9. The molecule has 3 heteroatoms. The molecule has 0 aromatic carbocycles. The third-order valence-corrected chi connectivity index (χ3v) is 9.28. The second kappa shape index (κ2) is 7.95. The highest BCUT2D eigenvalue weighted by molar-refractivity contribution is 5.09. The van der Waals surface area contributed by atoms with E-state index in [1.807, 2.05) is 0 Å². The highest BCUT2D eigenvalue weighted by Gasteiger charge is 2.59. The van der Waals surface area contributed by atoms with Crippen molar-refractivity contribution < 1.29 is 14.6 Å². The van der Waals surface area contributed by atoms with E-state index in [9.17, 15) is 5.11 Å². The maximum atomic E-state index is 10.9. The van der Waals surface area contributed by atoms with Gasteiger partial charge in [-0.25, -0.2) is 0 Å². The molecule has 8 atom stereocenters. The highest BCUT2D eigenvalue weighted by Crippen LogP contribution is 2.64. The molecule has 1 heterocycles. The minimum Gasteiger partial charge on any atom is -0.393 e. The Balaban J connectivity index is 1.49. The zero-order chi connectivity index (χ0) is 19.1. The monoisotopic (exact) mass is 378 g/mol. The summed E-state index contributed by atoms with van der Waals surface area (Å²) >= 11 is 0. The number of unbranched alkanes of at least 4 members (excludes halogenated alkanes) is 1. The van der Waals surface area contributed by atoms with E-state index in [2.05, 4.69) is 20.8 Å². The fraction of sp³-hybridized carbons (Fsp3) is 1.00. The average Bonchev–Trinajstić information content (AvgIpc) is 3.00. The largest absolute Gasteiger partial charge is 0.393 e. The molecule has 4 rings (SSSR count). The van der Waals surface area contributed by atoms with Gasteiger partial charge < -0.3 is 14.6 Å². The van der Waals surface area contributed by atoms with E-state index in [0.29, 0.717) is 23.5 Å². The highest BCUT2D eigenvalue weighted by atomic mass is 16.5. The van der Waals surface area contributed by atoms with Crippen LogP contribution in [0.15, 0.2) is 0 Å². The van der Waals surface area contributed by atoms with Gasteiger partial charge in [0.2, 0.25) is 0 Å². The van der Waals surface area contributed by atoms with Crippen LogP contribution in [0, 0.1) is 28.6 Å². The van der Waals surface area contributed by atoms with E-state index in [0.717, 1.165) is 37.9 Å². The lowest BCUT2D eigenvalue weighted by Crippen LogP contribution is -2.54. The van der Waals surface area contributed by atoms with Crippen molar-refractivity contribution in [2.45, 2.75) is 110 Å². The van der Waals surface area contributed by atoms with Gasteiger partial charge in [0.25, 0.3) is 0 Å². The molecule has 0 aromatic heterocycles. The van der Waals surface area contributed by atoms with Gasteiger partial charge in [-0.15, -0.1) is 0 Å². The van der Waals surface area contributed by atoms with Crippen LogP contribution >= 0.6 is 0 Å². The summed E-state index contributed by atoms with van der Waals surface area (Å²) in [6, 6.07) is 0. The van der Waals surface area contributed by atoms with Crippen LogP contribution in [0.4, 0.5) is 0 Å². The molecule has 1 unspecified atom stereocenters. The molecule has 1 aliphatic heterocycles. The molecule has 156 valence electrons. The number of aliphatic hydroxyl groups is 1. The third-order valence-electron chi connectivity index (χ3n) is 9.28. The fourth-order valence-corrected chi connectivity index (χ4v) is 7.57. The van der Waals surface area contributed by atoms with Gasteiger partial charge in [-0.2, -0.15) is 0 Å². The Labute approximate surface area is 166 Å². The van der Waals surface area contributed by atoms with E-state index in [1.165, 1.54) is 57.8 Å². The van der Waals surface area contributed by atoms with Crippen LogP contribution < -0.4 is 0 Å². The molecule has 0 bridgehead atoms. The van der Waals surface area contributed by atoms with Gasteiger partial charge in [0, 0.05) is 6.61 Å². The van der Waals surface area contributed by atoms with Crippen molar-refractivity contribution >= 4 is 0 Å². The number of fused-ring (bicyclic) bond motifs is 3. The predicted octanol–water partition coefficient (Wildman–Crippen LogP) is 5.34. The number of rotatable bonds is 5. The molecule has 0 amide bonds. The van der Waals surface area contributed by atoms with Crippen molar-refractivity contribution in [3.05, 3.63) is 0 Å². The molecule has 0 radical (unpaired) electrons. The first-order valence-electron chi connectivity index (χ1n) is 11.9. The lowest BCUT2D eigenvalue weighted by molar-refractivity contribution is -0.162. The molecule has 0 spiro atoms. The molecular formula is C24H42O3. The normalized spacial score (nSPS) is 50.2. The lowest BCUT2D eigenvalue weighted by atomic mass is 9.48. The Hall–Kier alpha value is -0.120. The molecule has 1 saturated heterocycles. The molecule has 4 fully saturated rings. The van der Waals surface area contributed by atoms with Crippen molar-refractivity contribution in [1.29, 1.82) is 0 Å². The van der Waals surface area contributed by atoms with Crippen molar-refractivity contribution in [2.24, 2.45) is 28.6 Å². The Morgan fingerprint density at radius 3 is 2.63 bits per heavy atom. The Kier molecular flexibility index (Phi) is 5.94. The van der Waals surface area contributed by atoms with Gasteiger partial charge in [-0.1, -0.05) is 33.6 Å². The fourth-order valence-electron chi connectivity index (χ4n) is 7.57. The van der Waals surface area contributed by atoms with Gasteiger partial charge in [-0.05, 0) is 86.4 Å². The van der Waals surface area contributed by atoms with E-state index in [1.54, 1.807) is 0 Å². The van der Waals surface area contributed by atoms with Crippen LogP contribution in [0.1, 0.15) is 91.4 Å². The first-order valence-corrected chi connectivity index (χ1v) is 11.9. The maximum absolute atomic E-state index is 10.9. The first kappa shape index (κ1) is 20.2. The van der Waals surface area contributed by atoms with Crippen molar-refractivity contribution in [3.8, 4) is 0 Å². The van der Waals surface area contributed by atoms with E-state index in [4.69, 9.17) is 9.47 Å². The predicted molar refractivity (Wildman–Crippen MR) is 109 cm³/mol. The van der Waals surface area contributed by atoms with Crippen molar-refractivity contribution in [3.63, 3.8) is 0 Å². The zero-order valence-electron chi connectivity index (χ0n) is 17.9. The number of ether oxygens (including phenoxy) is 2. The summed E-state index contributed by atoms with van der Waals surface area (Å²) in [5.41, 5.74) is 0.475. The Bertz CT molecular complexity index is 502. The summed E-state index contributed by atoms with van der Waals surface area (Å²) in [5.74, 6) is 2.30. The zero-order valence-corrected chi connectivity index (χ0v) is 17.9. The van der Waals surface area contributed by atoms with Gasteiger partial charge in [0.1, 0.15) is 0 Å². The van der Waals surface area contributed by atoms with E-state index >= 15 is 0 Å². The second-order valence-corrected chi connectivity index (χ2v) is 10.7. The van der Waals surface area contributed by atoms with Crippen molar-refractivity contribution in [1.82, 2.24) is 0 Å². The first-order chi connectivity index (χ1) is 13.0. The minimum absolute atomic E-state index is 0.0949. The smallest absolute Gasteiger partial charge is 0.0813 e. The molecule has 3 saturated carbocycles. The third kappa shape index (κ3) is 3.51. The summed E-state index contributed by atoms with van der Waals surface area (Å²) in [4.78, 5) is 0. The molecule has 3 nitrogen and oxygen atoms in total. The Morgan fingerprint density at radius 2 is 1.89 bits per heavy atom. The van der Waals surface area contributed by atoms with Crippen LogP contribution in [-0.4, -0.2) is 36.6 Å². The molecule has 27 heavy (non-hydrogen) atoms. The second-order valence-electron chi connectivity index (χ2n) is 10.7. The topological polar surface area (TPSA) is 38.7 Å². The summed E-state index contributed by atoms with van der Waals surface area (Å²) in [6.45, 7) is 8.93. The number of aliphatic hydroxyl groups excluding tert-OH is 1. The Morgan fingerprint density at radius 1 is 1.04 bits per heavy atom. The van der Waals surface area contributed by atoms with Crippen LogP contribution in [0.3, 0.4) is 0 Å². The average molecular weight is 379 g/mol.